The average molecular weight is 334 g/mol. The number of ether oxygens (including phenoxy) is 1. The lowest BCUT2D eigenvalue weighted by molar-refractivity contribution is -0.136. The van der Waals surface area contributed by atoms with Gasteiger partial charge in [-0.3, -0.25) is 14.3 Å². The van der Waals surface area contributed by atoms with Crippen molar-refractivity contribution in [3.8, 4) is 0 Å². The summed E-state index contributed by atoms with van der Waals surface area (Å²) in [5, 5.41) is 6.70. The molecule has 1 fully saturated rings. The molecule has 24 heavy (non-hydrogen) atoms. The lowest BCUT2D eigenvalue weighted by Crippen LogP contribution is -2.51. The van der Waals surface area contributed by atoms with Gasteiger partial charge in [0.25, 0.3) is 0 Å². The van der Waals surface area contributed by atoms with Crippen molar-refractivity contribution in [1.29, 1.82) is 0 Å². The van der Waals surface area contributed by atoms with E-state index in [0.29, 0.717) is 25.9 Å². The van der Waals surface area contributed by atoms with E-state index in [1.54, 1.807) is 42.1 Å². The van der Waals surface area contributed by atoms with E-state index in [2.05, 4.69) is 10.4 Å². The van der Waals surface area contributed by atoms with E-state index in [9.17, 15) is 9.59 Å². The molecule has 1 aromatic heterocycles. The van der Waals surface area contributed by atoms with Crippen LogP contribution >= 0.6 is 0 Å². The van der Waals surface area contributed by atoms with Crippen molar-refractivity contribution in [3.05, 3.63) is 24.0 Å². The molecule has 132 valence electrons. The molecule has 0 saturated carbocycles. The highest BCUT2D eigenvalue weighted by atomic mass is 16.5. The van der Waals surface area contributed by atoms with Crippen LogP contribution in [-0.2, 0) is 21.4 Å². The molecule has 7 nitrogen and oxygen atoms in total. The molecule has 0 spiro atoms. The largest absolute Gasteiger partial charge is 0.376 e. The predicted molar refractivity (Wildman–Crippen MR) is 91.1 cm³/mol. The molecular formula is C17H26N4O3. The number of hydrogen-bond acceptors (Lipinski definition) is 4. The molecule has 1 N–H and O–H groups in total. The van der Waals surface area contributed by atoms with E-state index in [1.807, 2.05) is 13.2 Å². The second-order valence-corrected chi connectivity index (χ2v) is 6.20. The van der Waals surface area contributed by atoms with E-state index >= 15 is 0 Å². The number of carbonyl (C=O) groups is 2. The van der Waals surface area contributed by atoms with Gasteiger partial charge in [0.1, 0.15) is 0 Å². The normalized spacial score (nSPS) is 21.2. The minimum absolute atomic E-state index is 0.00801. The van der Waals surface area contributed by atoms with Gasteiger partial charge in [-0.1, -0.05) is 0 Å². The Morgan fingerprint density at radius 1 is 1.50 bits per heavy atom. The summed E-state index contributed by atoms with van der Waals surface area (Å²) in [6.07, 6.45) is 9.64. The zero-order valence-electron chi connectivity index (χ0n) is 14.6. The van der Waals surface area contributed by atoms with Crippen molar-refractivity contribution < 1.29 is 14.3 Å². The third kappa shape index (κ3) is 4.67. The SMILES string of the molecule is CNC(=O)CC[C@@]1(OC)CCCN(C(=O)/C=C/c2cnn(C)c2)C1. The Kier molecular flexibility index (Phi) is 6.14. The molecule has 1 aliphatic rings. The Labute approximate surface area is 142 Å². The van der Waals surface area contributed by atoms with Crippen LogP contribution in [0.1, 0.15) is 31.2 Å². The molecule has 7 heteroatoms. The van der Waals surface area contributed by atoms with Gasteiger partial charge >= 0.3 is 0 Å². The number of likely N-dealkylation sites (tertiary alicyclic amines) is 1. The fourth-order valence-electron chi connectivity index (χ4n) is 3.02. The third-order valence-corrected chi connectivity index (χ3v) is 4.51. The van der Waals surface area contributed by atoms with Gasteiger partial charge in [-0.2, -0.15) is 5.10 Å². The van der Waals surface area contributed by atoms with Crippen LogP contribution in [0.5, 0.6) is 0 Å². The number of aromatic nitrogens is 2. The van der Waals surface area contributed by atoms with Crippen LogP contribution < -0.4 is 5.32 Å². The fraction of sp³-hybridized carbons (Fsp3) is 0.588. The zero-order chi connectivity index (χ0) is 17.6. The highest BCUT2D eigenvalue weighted by molar-refractivity contribution is 5.91. The number of methoxy groups -OCH3 is 1. The van der Waals surface area contributed by atoms with E-state index in [4.69, 9.17) is 4.74 Å². The third-order valence-electron chi connectivity index (χ3n) is 4.51. The number of carbonyl (C=O) groups excluding carboxylic acids is 2. The van der Waals surface area contributed by atoms with Crippen molar-refractivity contribution >= 4 is 17.9 Å². The van der Waals surface area contributed by atoms with Crippen LogP contribution in [0.4, 0.5) is 0 Å². The van der Waals surface area contributed by atoms with Gasteiger partial charge < -0.3 is 15.0 Å². The number of aryl methyl sites for hydroxylation is 1. The fourth-order valence-corrected chi connectivity index (χ4v) is 3.02. The van der Waals surface area contributed by atoms with E-state index in [0.717, 1.165) is 18.4 Å². The maximum Gasteiger partial charge on any atom is 0.246 e. The highest BCUT2D eigenvalue weighted by Crippen LogP contribution is 2.29. The smallest absolute Gasteiger partial charge is 0.246 e. The quantitative estimate of drug-likeness (QED) is 0.787. The van der Waals surface area contributed by atoms with Gasteiger partial charge in [0, 0.05) is 58.6 Å². The number of nitrogens with zero attached hydrogens (tertiary/aromatic N) is 3. The highest BCUT2D eigenvalue weighted by Gasteiger charge is 2.36. The van der Waals surface area contributed by atoms with Gasteiger partial charge in [0.15, 0.2) is 0 Å². The molecule has 2 rings (SSSR count). The Morgan fingerprint density at radius 3 is 2.92 bits per heavy atom. The van der Waals surface area contributed by atoms with Crippen LogP contribution in [0.15, 0.2) is 18.5 Å². The maximum absolute atomic E-state index is 12.5. The van der Waals surface area contributed by atoms with E-state index in [1.165, 1.54) is 0 Å². The maximum atomic E-state index is 12.5. The minimum atomic E-state index is -0.442. The first-order valence-electron chi connectivity index (χ1n) is 8.19. The molecule has 1 saturated heterocycles. The summed E-state index contributed by atoms with van der Waals surface area (Å²) < 4.78 is 7.40. The standard InChI is InChI=1S/C17H26N4O3/c1-18-15(22)7-9-17(24-3)8-4-10-21(13-17)16(23)6-5-14-11-19-20(2)12-14/h5-6,11-12H,4,7-10,13H2,1-3H3,(H,18,22)/b6-5+/t17-/m0/s1. The summed E-state index contributed by atoms with van der Waals surface area (Å²) in [7, 11) is 5.12. The molecule has 2 amide bonds. The van der Waals surface area contributed by atoms with Crippen molar-refractivity contribution in [2.75, 3.05) is 27.2 Å². The summed E-state index contributed by atoms with van der Waals surface area (Å²) in [6.45, 7) is 1.22. The average Bonchev–Trinajstić information content (AvgIpc) is 3.03. The summed E-state index contributed by atoms with van der Waals surface area (Å²) in [6, 6.07) is 0. The van der Waals surface area contributed by atoms with Crippen molar-refractivity contribution in [3.63, 3.8) is 0 Å². The molecule has 0 aliphatic carbocycles. The molecule has 1 aromatic rings. The number of piperidine rings is 1. The van der Waals surface area contributed by atoms with Crippen LogP contribution in [0.25, 0.3) is 6.08 Å². The molecule has 1 aliphatic heterocycles. The molecule has 1 atom stereocenters. The van der Waals surface area contributed by atoms with Gasteiger partial charge in [0.05, 0.1) is 11.8 Å². The zero-order valence-corrected chi connectivity index (χ0v) is 14.6. The summed E-state index contributed by atoms with van der Waals surface area (Å²) in [5.74, 6) is -0.0498. The van der Waals surface area contributed by atoms with Crippen molar-refractivity contribution in [1.82, 2.24) is 20.0 Å². The Morgan fingerprint density at radius 2 is 2.29 bits per heavy atom. The molecule has 0 unspecified atom stereocenters. The molecule has 2 heterocycles. The van der Waals surface area contributed by atoms with Crippen LogP contribution in [0.3, 0.4) is 0 Å². The second kappa shape index (κ2) is 8.10. The predicted octanol–water partition coefficient (Wildman–Crippen LogP) is 0.967. The summed E-state index contributed by atoms with van der Waals surface area (Å²) in [5.41, 5.74) is 0.447. The van der Waals surface area contributed by atoms with Gasteiger partial charge in [-0.05, 0) is 25.3 Å². The lowest BCUT2D eigenvalue weighted by atomic mass is 9.87. The Bertz CT molecular complexity index is 611. The lowest BCUT2D eigenvalue weighted by Gasteiger charge is -2.41. The van der Waals surface area contributed by atoms with E-state index < -0.39 is 5.60 Å². The van der Waals surface area contributed by atoms with Gasteiger partial charge in [-0.15, -0.1) is 0 Å². The topological polar surface area (TPSA) is 76.5 Å². The molecule has 0 bridgehead atoms. The molecule has 0 radical (unpaired) electrons. The Balaban J connectivity index is 1.98. The number of nitrogens with one attached hydrogen (secondary N) is 1. The summed E-state index contributed by atoms with van der Waals surface area (Å²) in [4.78, 5) is 25.8. The van der Waals surface area contributed by atoms with Crippen molar-refractivity contribution in [2.24, 2.45) is 7.05 Å². The monoisotopic (exact) mass is 334 g/mol. The number of hydrogen-bond donors (Lipinski definition) is 1. The van der Waals surface area contributed by atoms with Crippen molar-refractivity contribution in [2.45, 2.75) is 31.3 Å². The first kappa shape index (κ1) is 18.2. The minimum Gasteiger partial charge on any atom is -0.376 e. The molecule has 0 aromatic carbocycles. The van der Waals surface area contributed by atoms with Crippen LogP contribution in [0, 0.1) is 0 Å². The van der Waals surface area contributed by atoms with Gasteiger partial charge in [-0.25, -0.2) is 0 Å². The second-order valence-electron chi connectivity index (χ2n) is 6.20. The molecular weight excluding hydrogens is 308 g/mol. The summed E-state index contributed by atoms with van der Waals surface area (Å²) >= 11 is 0. The first-order chi connectivity index (χ1) is 11.5. The first-order valence-corrected chi connectivity index (χ1v) is 8.19. The van der Waals surface area contributed by atoms with Gasteiger partial charge in [0.2, 0.25) is 11.8 Å². The van der Waals surface area contributed by atoms with E-state index in [-0.39, 0.29) is 11.8 Å². The number of amides is 2. The van der Waals surface area contributed by atoms with Crippen LogP contribution in [0.2, 0.25) is 0 Å². The number of rotatable bonds is 6. The Hall–Kier alpha value is -2.15. The van der Waals surface area contributed by atoms with Crippen LogP contribution in [-0.4, -0.2) is 59.3 Å².